The molecule has 6 rings (SSSR count). The summed E-state index contributed by atoms with van der Waals surface area (Å²) >= 11 is 0. The summed E-state index contributed by atoms with van der Waals surface area (Å²) in [5.74, 6) is 0. The zero-order valence-corrected chi connectivity index (χ0v) is 18.1. The molecule has 0 spiro atoms. The normalized spacial score (nSPS) is 11.3. The van der Waals surface area contributed by atoms with Gasteiger partial charge in [-0.3, -0.25) is 15.1 Å². The molecule has 0 unspecified atom stereocenters. The summed E-state index contributed by atoms with van der Waals surface area (Å²) in [6.07, 6.45) is 9.06. The number of hydrogen-bond donors (Lipinski definition) is 2. The van der Waals surface area contributed by atoms with Gasteiger partial charge in [0.15, 0.2) is 0 Å². The Kier molecular flexibility index (Phi) is 4.36. The van der Waals surface area contributed by atoms with Gasteiger partial charge in [0.1, 0.15) is 16.9 Å². The van der Waals surface area contributed by atoms with Gasteiger partial charge in [-0.1, -0.05) is 0 Å². The molecule has 33 heavy (non-hydrogen) atoms. The molecular weight excluding hydrogens is 412 g/mol. The van der Waals surface area contributed by atoms with Crippen LogP contribution in [0.4, 0.5) is 5.69 Å². The van der Waals surface area contributed by atoms with Crippen LogP contribution in [-0.2, 0) is 0 Å². The van der Waals surface area contributed by atoms with Crippen molar-refractivity contribution in [3.05, 3.63) is 73.4 Å². The second-order valence-corrected chi connectivity index (χ2v) is 8.03. The fraction of sp³-hybridized carbons (Fsp3) is 0.0800. The van der Waals surface area contributed by atoms with Crippen LogP contribution in [0.1, 0.15) is 0 Å². The number of hydrogen-bond acceptors (Lipinski definition) is 6. The Labute approximate surface area is 189 Å². The zero-order valence-electron chi connectivity index (χ0n) is 18.1. The van der Waals surface area contributed by atoms with E-state index in [0.717, 1.165) is 61.5 Å². The van der Waals surface area contributed by atoms with Crippen LogP contribution >= 0.6 is 0 Å². The SMILES string of the molecule is CN(C)c1cncc(-c2ccc3[nH]nc(-c4cc5c(-c6ccncc6)ccnc5[nH]4)c3n2)c1. The summed E-state index contributed by atoms with van der Waals surface area (Å²) in [6.45, 7) is 0. The van der Waals surface area contributed by atoms with Gasteiger partial charge in [0.2, 0.25) is 0 Å². The lowest BCUT2D eigenvalue weighted by atomic mass is 10.1. The number of H-pyrrole nitrogens is 2. The lowest BCUT2D eigenvalue weighted by Gasteiger charge is -2.12. The minimum atomic E-state index is 0.752. The Balaban J connectivity index is 1.48. The van der Waals surface area contributed by atoms with Crippen LogP contribution in [-0.4, -0.2) is 49.2 Å². The Bertz CT molecular complexity index is 1600. The molecule has 0 atom stereocenters. The third kappa shape index (κ3) is 3.28. The molecule has 0 fully saturated rings. The number of nitrogens with zero attached hydrogens (tertiary/aromatic N) is 6. The highest BCUT2D eigenvalue weighted by atomic mass is 15.1. The van der Waals surface area contributed by atoms with Crippen molar-refractivity contribution >= 4 is 27.8 Å². The van der Waals surface area contributed by atoms with Gasteiger partial charge in [0, 0.05) is 49.8 Å². The molecule has 0 amide bonds. The van der Waals surface area contributed by atoms with E-state index in [-0.39, 0.29) is 0 Å². The van der Waals surface area contributed by atoms with E-state index in [2.05, 4.69) is 42.3 Å². The third-order valence-corrected chi connectivity index (χ3v) is 5.72. The van der Waals surface area contributed by atoms with Crippen molar-refractivity contribution in [3.8, 4) is 33.8 Å². The summed E-state index contributed by atoms with van der Waals surface area (Å²) in [5.41, 5.74) is 9.06. The van der Waals surface area contributed by atoms with Gasteiger partial charge < -0.3 is 9.88 Å². The largest absolute Gasteiger partial charge is 0.376 e. The quantitative estimate of drug-likeness (QED) is 0.419. The van der Waals surface area contributed by atoms with E-state index in [1.807, 2.05) is 67.9 Å². The van der Waals surface area contributed by atoms with E-state index < -0.39 is 0 Å². The third-order valence-electron chi connectivity index (χ3n) is 5.72. The van der Waals surface area contributed by atoms with Gasteiger partial charge in [0.25, 0.3) is 0 Å². The van der Waals surface area contributed by atoms with Gasteiger partial charge in [-0.25, -0.2) is 9.97 Å². The lowest BCUT2D eigenvalue weighted by Crippen LogP contribution is -2.08. The Hall–Kier alpha value is -4.59. The van der Waals surface area contributed by atoms with Crippen LogP contribution in [0.25, 0.3) is 55.8 Å². The average molecular weight is 432 g/mol. The molecule has 0 aliphatic rings. The number of anilines is 1. The average Bonchev–Trinajstić information content (AvgIpc) is 3.48. The van der Waals surface area contributed by atoms with Crippen molar-refractivity contribution < 1.29 is 0 Å². The molecule has 0 bridgehead atoms. The second kappa shape index (κ2) is 7.52. The molecule has 0 aliphatic carbocycles. The predicted molar refractivity (Wildman–Crippen MR) is 130 cm³/mol. The van der Waals surface area contributed by atoms with Gasteiger partial charge in [-0.05, 0) is 53.6 Å². The Morgan fingerprint density at radius 3 is 2.58 bits per heavy atom. The fourth-order valence-corrected chi connectivity index (χ4v) is 4.00. The Morgan fingerprint density at radius 1 is 0.848 bits per heavy atom. The van der Waals surface area contributed by atoms with Gasteiger partial charge in [-0.2, -0.15) is 5.10 Å². The zero-order chi connectivity index (χ0) is 22.4. The molecule has 160 valence electrons. The Morgan fingerprint density at radius 2 is 1.73 bits per heavy atom. The molecular formula is C25H20N8. The van der Waals surface area contributed by atoms with Crippen LogP contribution < -0.4 is 4.90 Å². The van der Waals surface area contributed by atoms with Crippen LogP contribution in [0.5, 0.6) is 0 Å². The number of aromatic amines is 2. The first-order valence-corrected chi connectivity index (χ1v) is 10.5. The molecule has 2 N–H and O–H groups in total. The second-order valence-electron chi connectivity index (χ2n) is 8.03. The van der Waals surface area contributed by atoms with Crippen LogP contribution in [0.15, 0.2) is 73.4 Å². The molecule has 6 heterocycles. The standard InChI is InChI=1S/C25H20N8/c1-33(2)17-11-16(13-27-14-17)20-3-4-21-23(29-20)24(32-31-21)22-12-19-18(7-10-28-25(19)30-22)15-5-8-26-9-6-15/h3-14H,1-2H3,(H,28,30)(H,31,32). The summed E-state index contributed by atoms with van der Waals surface area (Å²) in [7, 11) is 3.99. The topological polar surface area (TPSA) is 99.3 Å². The molecule has 0 saturated heterocycles. The van der Waals surface area contributed by atoms with Crippen LogP contribution in [0.3, 0.4) is 0 Å². The van der Waals surface area contributed by atoms with Crippen LogP contribution in [0.2, 0.25) is 0 Å². The van der Waals surface area contributed by atoms with E-state index in [1.165, 1.54) is 0 Å². The smallest absolute Gasteiger partial charge is 0.138 e. The first-order valence-electron chi connectivity index (χ1n) is 10.5. The van der Waals surface area contributed by atoms with E-state index >= 15 is 0 Å². The summed E-state index contributed by atoms with van der Waals surface area (Å²) in [6, 6.07) is 14.1. The summed E-state index contributed by atoms with van der Waals surface area (Å²) in [5, 5.41) is 8.69. The lowest BCUT2D eigenvalue weighted by molar-refractivity contribution is 1.11. The number of fused-ring (bicyclic) bond motifs is 2. The van der Waals surface area contributed by atoms with Crippen molar-refractivity contribution in [3.63, 3.8) is 0 Å². The molecule has 0 saturated carbocycles. The molecule has 6 aromatic rings. The van der Waals surface area contributed by atoms with Crippen molar-refractivity contribution in [2.24, 2.45) is 0 Å². The van der Waals surface area contributed by atoms with Crippen molar-refractivity contribution in [1.29, 1.82) is 0 Å². The maximum absolute atomic E-state index is 4.93. The maximum atomic E-state index is 4.93. The van der Waals surface area contributed by atoms with Crippen molar-refractivity contribution in [1.82, 2.24) is 35.1 Å². The molecule has 8 nitrogen and oxygen atoms in total. The van der Waals surface area contributed by atoms with Crippen LogP contribution in [0, 0.1) is 0 Å². The monoisotopic (exact) mass is 432 g/mol. The molecule has 0 aromatic carbocycles. The van der Waals surface area contributed by atoms with E-state index in [1.54, 1.807) is 12.4 Å². The summed E-state index contributed by atoms with van der Waals surface area (Å²) < 4.78 is 0. The highest BCUT2D eigenvalue weighted by Crippen LogP contribution is 2.33. The first-order chi connectivity index (χ1) is 16.2. The fourth-order valence-electron chi connectivity index (χ4n) is 4.00. The van der Waals surface area contributed by atoms with Gasteiger partial charge in [0.05, 0.1) is 28.8 Å². The van der Waals surface area contributed by atoms with Gasteiger partial charge in [-0.15, -0.1) is 0 Å². The van der Waals surface area contributed by atoms with Gasteiger partial charge >= 0.3 is 0 Å². The van der Waals surface area contributed by atoms with E-state index in [0.29, 0.717) is 0 Å². The first kappa shape index (κ1) is 19.1. The predicted octanol–water partition coefficient (Wildman–Crippen LogP) is 4.69. The number of aromatic nitrogens is 7. The molecule has 0 aliphatic heterocycles. The van der Waals surface area contributed by atoms with Crippen molar-refractivity contribution in [2.45, 2.75) is 0 Å². The van der Waals surface area contributed by atoms with Crippen molar-refractivity contribution in [2.75, 3.05) is 19.0 Å². The minimum Gasteiger partial charge on any atom is -0.376 e. The number of pyridine rings is 4. The molecule has 0 radical (unpaired) electrons. The summed E-state index contributed by atoms with van der Waals surface area (Å²) in [4.78, 5) is 23.4. The maximum Gasteiger partial charge on any atom is 0.138 e. The number of rotatable bonds is 4. The minimum absolute atomic E-state index is 0.752. The number of nitrogens with one attached hydrogen (secondary N) is 2. The molecule has 6 aromatic heterocycles. The van der Waals surface area contributed by atoms with E-state index in [4.69, 9.17) is 4.98 Å². The highest BCUT2D eigenvalue weighted by Gasteiger charge is 2.16. The van der Waals surface area contributed by atoms with E-state index in [9.17, 15) is 0 Å². The molecule has 8 heteroatoms. The highest BCUT2D eigenvalue weighted by molar-refractivity contribution is 5.99.